The highest BCUT2D eigenvalue weighted by Crippen LogP contribution is 2.39. The molecule has 294 valence electrons. The molecule has 2 aliphatic rings. The van der Waals surface area contributed by atoms with Crippen LogP contribution < -0.4 is 10.2 Å². The average molecular weight is 773 g/mol. The predicted octanol–water partition coefficient (Wildman–Crippen LogP) is -0.0116. The number of carbonyl (C=O) groups is 1. The van der Waals surface area contributed by atoms with Crippen LogP contribution in [0.15, 0.2) is 63.8 Å². The molecule has 0 spiro atoms. The van der Waals surface area contributed by atoms with Gasteiger partial charge in [-0.25, -0.2) is 4.79 Å². The second-order valence-corrected chi connectivity index (χ2v) is 12.8. The molecule has 2 saturated heterocycles. The number of phenolic OH excluding ortho intramolecular Hbond substituents is 6. The molecule has 55 heavy (non-hydrogen) atoms. The van der Waals surface area contributed by atoms with Gasteiger partial charge < -0.3 is 84.3 Å². The quantitative estimate of drug-likeness (QED) is 0.0605. The standard InChI is InChI=1S/C36H36O19/c1-13-32(54-24(43)7-3-14-2-5-17(38)19(40)8-14)29(47)31(49)35(51-13)50-12-23-26(44)28(46)30(48)36(53-23)55-34-27(45)25-21(42)10-16(37)11-22(25)52-33(34)15-4-6-18(39)20(41)9-15/h2-11,13,23,26,28-32,35-42,44,46-49H,12H2,1H3/b7-3+/t13?,23?,26-,28-,29+,30+,31-,32+,35?,36+/m0/s1. The van der Waals surface area contributed by atoms with Crippen molar-refractivity contribution in [3.63, 3.8) is 0 Å². The van der Waals surface area contributed by atoms with Crippen LogP contribution in [-0.2, 0) is 23.7 Å². The molecular weight excluding hydrogens is 736 g/mol. The molecule has 2 aliphatic heterocycles. The fraction of sp³-hybridized carbons (Fsp3) is 0.333. The lowest BCUT2D eigenvalue weighted by molar-refractivity contribution is -0.319. The fourth-order valence-electron chi connectivity index (χ4n) is 5.98. The number of phenols is 6. The Morgan fingerprint density at radius 2 is 1.42 bits per heavy atom. The third kappa shape index (κ3) is 7.95. The van der Waals surface area contributed by atoms with E-state index in [0.29, 0.717) is 5.56 Å². The second-order valence-electron chi connectivity index (χ2n) is 12.8. The van der Waals surface area contributed by atoms with Crippen LogP contribution in [0, 0.1) is 0 Å². The van der Waals surface area contributed by atoms with Crippen LogP contribution in [0.4, 0.5) is 0 Å². The number of esters is 1. The van der Waals surface area contributed by atoms with Gasteiger partial charge in [-0.15, -0.1) is 0 Å². The van der Waals surface area contributed by atoms with Gasteiger partial charge in [0.05, 0.1) is 12.7 Å². The first-order valence-electron chi connectivity index (χ1n) is 16.5. The SMILES string of the molecule is CC1OC(OCC2O[C@H](Oc3c(-c4ccc(O)c(O)c4)oc4cc(O)cc(O)c4c3=O)[C@H](O)[C@@H](O)[C@H]2O)[C@@H](O)[C@@H](O)[C@@H]1OC(=O)/C=C/c1ccc(O)c(O)c1. The molecule has 0 amide bonds. The number of hydrogen-bond donors (Lipinski definition) is 11. The van der Waals surface area contributed by atoms with Crippen molar-refractivity contribution in [3.05, 3.63) is 70.4 Å². The number of aromatic hydroxyl groups is 6. The molecule has 0 bridgehead atoms. The van der Waals surface area contributed by atoms with E-state index in [9.17, 15) is 65.8 Å². The minimum atomic E-state index is -2.03. The highest BCUT2D eigenvalue weighted by molar-refractivity contribution is 5.89. The number of fused-ring (bicyclic) bond motifs is 1. The fourth-order valence-corrected chi connectivity index (χ4v) is 5.98. The number of benzene rings is 3. The Labute approximate surface area is 308 Å². The van der Waals surface area contributed by atoms with Crippen molar-refractivity contribution >= 4 is 23.0 Å². The molecule has 1 aromatic heterocycles. The first kappa shape index (κ1) is 39.1. The number of hydrogen-bond acceptors (Lipinski definition) is 19. The summed E-state index contributed by atoms with van der Waals surface area (Å²) in [6, 6.07) is 8.95. The predicted molar refractivity (Wildman–Crippen MR) is 183 cm³/mol. The number of aliphatic hydroxyl groups excluding tert-OH is 5. The molecule has 4 aromatic rings. The summed E-state index contributed by atoms with van der Waals surface area (Å²) in [5.41, 5.74) is -1.11. The Bertz CT molecular complexity index is 2150. The molecule has 3 unspecified atom stereocenters. The molecule has 6 rings (SSSR count). The number of carbonyl (C=O) groups excluding carboxylic acids is 1. The average Bonchev–Trinajstić information content (AvgIpc) is 3.13. The molecule has 0 aliphatic carbocycles. The van der Waals surface area contributed by atoms with E-state index in [-0.39, 0.29) is 16.9 Å². The number of rotatable bonds is 9. The first-order valence-corrected chi connectivity index (χ1v) is 16.5. The van der Waals surface area contributed by atoms with Gasteiger partial charge in [-0.2, -0.15) is 0 Å². The third-order valence-electron chi connectivity index (χ3n) is 8.92. The van der Waals surface area contributed by atoms with E-state index in [2.05, 4.69) is 0 Å². The lowest BCUT2D eigenvalue weighted by atomic mass is 9.98. The van der Waals surface area contributed by atoms with E-state index < -0.39 is 125 Å². The minimum absolute atomic E-state index is 0.0633. The van der Waals surface area contributed by atoms with E-state index in [1.54, 1.807) is 0 Å². The molecular formula is C36H36O19. The van der Waals surface area contributed by atoms with Crippen LogP contribution in [-0.4, -0.2) is 130 Å². The van der Waals surface area contributed by atoms with Gasteiger partial charge in [-0.3, -0.25) is 4.79 Å². The molecule has 0 saturated carbocycles. The van der Waals surface area contributed by atoms with E-state index >= 15 is 0 Å². The van der Waals surface area contributed by atoms with Crippen LogP contribution in [0.1, 0.15) is 12.5 Å². The Kier molecular flexibility index (Phi) is 11.1. The summed E-state index contributed by atoms with van der Waals surface area (Å²) in [6.45, 7) is 0.713. The first-order chi connectivity index (χ1) is 26.0. The van der Waals surface area contributed by atoms with Crippen LogP contribution in [0.25, 0.3) is 28.4 Å². The van der Waals surface area contributed by atoms with Crippen LogP contribution in [0.2, 0.25) is 0 Å². The molecule has 3 aromatic carbocycles. The van der Waals surface area contributed by atoms with Gasteiger partial charge in [-0.05, 0) is 48.9 Å². The molecule has 2 fully saturated rings. The van der Waals surface area contributed by atoms with Gasteiger partial charge in [-0.1, -0.05) is 6.07 Å². The minimum Gasteiger partial charge on any atom is -0.508 e. The maximum absolute atomic E-state index is 13.7. The van der Waals surface area contributed by atoms with Crippen molar-refractivity contribution in [2.45, 2.75) is 68.3 Å². The molecule has 0 radical (unpaired) electrons. The van der Waals surface area contributed by atoms with Crippen LogP contribution >= 0.6 is 0 Å². The van der Waals surface area contributed by atoms with Crippen molar-refractivity contribution in [2.75, 3.05) is 6.61 Å². The molecule has 10 atom stereocenters. The lowest BCUT2D eigenvalue weighted by Gasteiger charge is -2.43. The zero-order valence-corrected chi connectivity index (χ0v) is 28.4. The van der Waals surface area contributed by atoms with E-state index in [0.717, 1.165) is 30.3 Å². The summed E-state index contributed by atoms with van der Waals surface area (Å²) in [7, 11) is 0. The summed E-state index contributed by atoms with van der Waals surface area (Å²) in [5, 5.41) is 113. The molecule has 11 N–H and O–H groups in total. The number of ether oxygens (including phenoxy) is 5. The zero-order valence-electron chi connectivity index (χ0n) is 28.4. The largest absolute Gasteiger partial charge is 0.508 e. The van der Waals surface area contributed by atoms with Crippen molar-refractivity contribution in [1.29, 1.82) is 0 Å². The Morgan fingerprint density at radius 1 is 0.745 bits per heavy atom. The number of aliphatic hydroxyl groups is 5. The van der Waals surface area contributed by atoms with Crippen molar-refractivity contribution in [1.82, 2.24) is 0 Å². The van der Waals surface area contributed by atoms with Gasteiger partial charge in [0.1, 0.15) is 59.1 Å². The second kappa shape index (κ2) is 15.6. The summed E-state index contributed by atoms with van der Waals surface area (Å²) >= 11 is 0. The lowest BCUT2D eigenvalue weighted by Crippen LogP contribution is -2.62. The Hall–Kier alpha value is -5.64. The normalized spacial score (nSPS) is 28.3. The maximum atomic E-state index is 13.7. The van der Waals surface area contributed by atoms with E-state index in [1.807, 2.05) is 0 Å². The van der Waals surface area contributed by atoms with E-state index in [4.69, 9.17) is 28.1 Å². The monoisotopic (exact) mass is 772 g/mol. The van der Waals surface area contributed by atoms with Crippen molar-refractivity contribution in [3.8, 4) is 51.6 Å². The van der Waals surface area contributed by atoms with Gasteiger partial charge in [0.2, 0.25) is 17.5 Å². The third-order valence-corrected chi connectivity index (χ3v) is 8.92. The van der Waals surface area contributed by atoms with Crippen LogP contribution in [0.3, 0.4) is 0 Å². The zero-order chi connectivity index (χ0) is 39.9. The van der Waals surface area contributed by atoms with Gasteiger partial charge in [0.25, 0.3) is 0 Å². The van der Waals surface area contributed by atoms with Crippen molar-refractivity contribution < 1.29 is 89.1 Å². The summed E-state index contributed by atoms with van der Waals surface area (Å²) in [5.74, 6) is -5.24. The van der Waals surface area contributed by atoms with Crippen molar-refractivity contribution in [2.24, 2.45) is 0 Å². The summed E-state index contributed by atoms with van der Waals surface area (Å²) in [6.07, 6.45) is -14.8. The van der Waals surface area contributed by atoms with Crippen LogP contribution in [0.5, 0.6) is 40.2 Å². The Morgan fingerprint density at radius 3 is 2.11 bits per heavy atom. The highest BCUT2D eigenvalue weighted by Gasteiger charge is 2.49. The Balaban J connectivity index is 1.17. The molecule has 19 nitrogen and oxygen atoms in total. The molecule has 3 heterocycles. The maximum Gasteiger partial charge on any atom is 0.331 e. The van der Waals surface area contributed by atoms with Gasteiger partial charge >= 0.3 is 5.97 Å². The summed E-state index contributed by atoms with van der Waals surface area (Å²) < 4.78 is 33.6. The van der Waals surface area contributed by atoms with Gasteiger partial charge in [0.15, 0.2) is 41.2 Å². The molecule has 19 heteroatoms. The van der Waals surface area contributed by atoms with Gasteiger partial charge in [0, 0.05) is 23.8 Å². The smallest absolute Gasteiger partial charge is 0.331 e. The highest BCUT2D eigenvalue weighted by atomic mass is 16.7. The summed E-state index contributed by atoms with van der Waals surface area (Å²) in [4.78, 5) is 26.2. The van der Waals surface area contributed by atoms with E-state index in [1.165, 1.54) is 37.3 Å². The topological polar surface area (TPSA) is 316 Å².